The summed E-state index contributed by atoms with van der Waals surface area (Å²) in [6.07, 6.45) is 1.72. The topological polar surface area (TPSA) is 69.6 Å². The Hall–Kier alpha value is -1.46. The number of nitrogens with one attached hydrogen (secondary N) is 1. The molecule has 1 atom stereocenters. The smallest absolute Gasteiger partial charge is 0.338 e. The first-order valence-electron chi connectivity index (χ1n) is 6.41. The van der Waals surface area contributed by atoms with Gasteiger partial charge in [0, 0.05) is 13.2 Å². The van der Waals surface area contributed by atoms with E-state index in [1.807, 2.05) is 0 Å². The van der Waals surface area contributed by atoms with Crippen molar-refractivity contribution in [2.45, 2.75) is 26.3 Å². The van der Waals surface area contributed by atoms with Gasteiger partial charge >= 0.3 is 5.97 Å². The number of hydrogen-bond acceptors (Lipinski definition) is 3. The van der Waals surface area contributed by atoms with Crippen molar-refractivity contribution in [1.29, 1.82) is 0 Å². The molecule has 0 saturated heterocycles. The summed E-state index contributed by atoms with van der Waals surface area (Å²) in [7, 11) is 0. The van der Waals surface area contributed by atoms with Gasteiger partial charge in [-0.15, -0.1) is 0 Å². The molecule has 1 unspecified atom stereocenters. The standard InChI is InChI=1S/C14H20FNO3/c1-2-10(5-6-17)8-16-9-11-3-4-12(14(18)19)13(15)7-11/h3-4,7,10,16-17H,2,5-6,8-9H2,1H3,(H,18,19). The SMILES string of the molecule is CCC(CCO)CNCc1ccc(C(=O)O)c(F)c1. The van der Waals surface area contributed by atoms with Crippen molar-refractivity contribution in [3.63, 3.8) is 0 Å². The quantitative estimate of drug-likeness (QED) is 0.675. The van der Waals surface area contributed by atoms with Crippen LogP contribution in [0.15, 0.2) is 18.2 Å². The maximum Gasteiger partial charge on any atom is 0.338 e. The van der Waals surface area contributed by atoms with Gasteiger partial charge in [-0.05, 0) is 36.6 Å². The van der Waals surface area contributed by atoms with Crippen molar-refractivity contribution < 1.29 is 19.4 Å². The van der Waals surface area contributed by atoms with Crippen LogP contribution in [0.1, 0.15) is 35.7 Å². The van der Waals surface area contributed by atoms with E-state index in [9.17, 15) is 9.18 Å². The first-order chi connectivity index (χ1) is 9.08. The normalized spacial score (nSPS) is 12.4. The van der Waals surface area contributed by atoms with Crippen molar-refractivity contribution in [3.8, 4) is 0 Å². The lowest BCUT2D eigenvalue weighted by atomic mass is 10.0. The van der Waals surface area contributed by atoms with E-state index >= 15 is 0 Å². The van der Waals surface area contributed by atoms with E-state index in [0.717, 1.165) is 19.4 Å². The number of carbonyl (C=O) groups is 1. The monoisotopic (exact) mass is 269 g/mol. The van der Waals surface area contributed by atoms with Crippen molar-refractivity contribution in [3.05, 3.63) is 35.1 Å². The van der Waals surface area contributed by atoms with E-state index in [2.05, 4.69) is 12.2 Å². The third kappa shape index (κ3) is 4.96. The van der Waals surface area contributed by atoms with E-state index in [4.69, 9.17) is 10.2 Å². The molecule has 0 saturated carbocycles. The van der Waals surface area contributed by atoms with E-state index in [0.29, 0.717) is 18.0 Å². The van der Waals surface area contributed by atoms with Gasteiger partial charge in [-0.25, -0.2) is 9.18 Å². The number of aromatic carboxylic acids is 1. The second kappa shape index (κ2) is 7.86. The maximum absolute atomic E-state index is 13.4. The molecule has 1 rings (SSSR count). The summed E-state index contributed by atoms with van der Waals surface area (Å²) in [6.45, 7) is 3.46. The molecule has 0 aliphatic carbocycles. The van der Waals surface area contributed by atoms with E-state index in [-0.39, 0.29) is 12.2 Å². The minimum absolute atomic E-state index is 0.169. The zero-order valence-corrected chi connectivity index (χ0v) is 11.0. The number of halogens is 1. The molecule has 106 valence electrons. The molecule has 0 fully saturated rings. The minimum atomic E-state index is -1.26. The molecule has 1 aromatic carbocycles. The van der Waals surface area contributed by atoms with Crippen LogP contribution in [0.25, 0.3) is 0 Å². The largest absolute Gasteiger partial charge is 0.478 e. The average molecular weight is 269 g/mol. The van der Waals surface area contributed by atoms with E-state index in [1.54, 1.807) is 6.07 Å². The van der Waals surface area contributed by atoms with Gasteiger partial charge in [-0.2, -0.15) is 0 Å². The molecule has 3 N–H and O–H groups in total. The highest BCUT2D eigenvalue weighted by Crippen LogP contribution is 2.11. The molecule has 0 spiro atoms. The summed E-state index contributed by atoms with van der Waals surface area (Å²) in [5.74, 6) is -1.58. The first kappa shape index (κ1) is 15.6. The molecule has 0 bridgehead atoms. The fourth-order valence-electron chi connectivity index (χ4n) is 1.90. The first-order valence-corrected chi connectivity index (χ1v) is 6.41. The van der Waals surface area contributed by atoms with Gasteiger partial charge in [-0.1, -0.05) is 19.4 Å². The van der Waals surface area contributed by atoms with Crippen LogP contribution in [0.3, 0.4) is 0 Å². The average Bonchev–Trinajstić information content (AvgIpc) is 2.37. The lowest BCUT2D eigenvalue weighted by molar-refractivity contribution is 0.0692. The molecule has 4 nitrogen and oxygen atoms in total. The Labute approximate surface area is 112 Å². The number of benzene rings is 1. The van der Waals surface area contributed by atoms with Gasteiger partial charge < -0.3 is 15.5 Å². The van der Waals surface area contributed by atoms with Crippen molar-refractivity contribution in [1.82, 2.24) is 5.32 Å². The Kier molecular flexibility index (Phi) is 6.45. The predicted molar refractivity (Wildman–Crippen MR) is 70.5 cm³/mol. The molecule has 0 aliphatic rings. The van der Waals surface area contributed by atoms with Gasteiger partial charge in [0.2, 0.25) is 0 Å². The van der Waals surface area contributed by atoms with E-state index in [1.165, 1.54) is 12.1 Å². The van der Waals surface area contributed by atoms with Crippen LogP contribution >= 0.6 is 0 Å². The molecule has 19 heavy (non-hydrogen) atoms. The summed E-state index contributed by atoms with van der Waals surface area (Å²) >= 11 is 0. The van der Waals surface area contributed by atoms with Gasteiger partial charge in [0.1, 0.15) is 5.82 Å². The molecule has 0 amide bonds. The highest BCUT2D eigenvalue weighted by Gasteiger charge is 2.10. The summed E-state index contributed by atoms with van der Waals surface area (Å²) in [4.78, 5) is 10.7. The summed E-state index contributed by atoms with van der Waals surface area (Å²) < 4.78 is 13.4. The van der Waals surface area contributed by atoms with Gasteiger partial charge in [0.15, 0.2) is 0 Å². The molecule has 1 aromatic rings. The van der Waals surface area contributed by atoms with Crippen molar-refractivity contribution in [2.24, 2.45) is 5.92 Å². The summed E-state index contributed by atoms with van der Waals surface area (Å²) in [6, 6.07) is 4.12. The number of carboxylic acid groups (broad SMARTS) is 1. The summed E-state index contributed by atoms with van der Waals surface area (Å²) in [5, 5.41) is 20.8. The number of carboxylic acids is 1. The Morgan fingerprint density at radius 3 is 2.74 bits per heavy atom. The van der Waals surface area contributed by atoms with Crippen LogP contribution in [0.5, 0.6) is 0 Å². The van der Waals surface area contributed by atoms with Crippen LogP contribution in [-0.2, 0) is 6.54 Å². The lowest BCUT2D eigenvalue weighted by Crippen LogP contribution is -2.23. The predicted octanol–water partition coefficient (Wildman–Crippen LogP) is 2.02. The zero-order valence-electron chi connectivity index (χ0n) is 11.0. The maximum atomic E-state index is 13.4. The highest BCUT2D eigenvalue weighted by molar-refractivity contribution is 5.87. The number of rotatable bonds is 8. The van der Waals surface area contributed by atoms with Gasteiger partial charge in [0.05, 0.1) is 5.56 Å². The zero-order chi connectivity index (χ0) is 14.3. The third-order valence-corrected chi connectivity index (χ3v) is 3.14. The second-order valence-electron chi connectivity index (χ2n) is 4.54. The van der Waals surface area contributed by atoms with Crippen LogP contribution < -0.4 is 5.32 Å². The minimum Gasteiger partial charge on any atom is -0.478 e. The van der Waals surface area contributed by atoms with Crippen LogP contribution in [0.4, 0.5) is 4.39 Å². The Balaban J connectivity index is 2.50. The molecule has 0 heterocycles. The van der Waals surface area contributed by atoms with E-state index < -0.39 is 11.8 Å². The fraction of sp³-hybridized carbons (Fsp3) is 0.500. The van der Waals surface area contributed by atoms with Gasteiger partial charge in [-0.3, -0.25) is 0 Å². The van der Waals surface area contributed by atoms with Crippen LogP contribution in [-0.4, -0.2) is 29.3 Å². The summed E-state index contributed by atoms with van der Waals surface area (Å²) in [5.41, 5.74) is 0.400. The van der Waals surface area contributed by atoms with Crippen LogP contribution in [0.2, 0.25) is 0 Å². The van der Waals surface area contributed by atoms with Gasteiger partial charge in [0.25, 0.3) is 0 Å². The Bertz CT molecular complexity index is 423. The molecule has 0 aromatic heterocycles. The third-order valence-electron chi connectivity index (χ3n) is 3.14. The Morgan fingerprint density at radius 2 is 2.21 bits per heavy atom. The molecular weight excluding hydrogens is 249 g/mol. The molecule has 0 aliphatic heterocycles. The lowest BCUT2D eigenvalue weighted by Gasteiger charge is -2.14. The number of hydrogen-bond donors (Lipinski definition) is 3. The Morgan fingerprint density at radius 1 is 1.47 bits per heavy atom. The number of aliphatic hydroxyl groups is 1. The highest BCUT2D eigenvalue weighted by atomic mass is 19.1. The molecule has 0 radical (unpaired) electrons. The van der Waals surface area contributed by atoms with Crippen molar-refractivity contribution >= 4 is 5.97 Å². The molecular formula is C14H20FNO3. The number of aliphatic hydroxyl groups excluding tert-OH is 1. The fourth-order valence-corrected chi connectivity index (χ4v) is 1.90. The van der Waals surface area contributed by atoms with Crippen LogP contribution in [0, 0.1) is 11.7 Å². The van der Waals surface area contributed by atoms with Crippen molar-refractivity contribution in [2.75, 3.05) is 13.2 Å². The molecule has 5 heteroatoms. The second-order valence-corrected chi connectivity index (χ2v) is 4.54.